The molecule has 0 saturated heterocycles. The van der Waals surface area contributed by atoms with Crippen molar-refractivity contribution in [3.63, 3.8) is 0 Å². The Morgan fingerprint density at radius 2 is 2.33 bits per heavy atom. The molecule has 3 nitrogen and oxygen atoms in total. The van der Waals surface area contributed by atoms with Crippen LogP contribution in [-0.4, -0.2) is 12.5 Å². The monoisotopic (exact) mass is 226 g/mol. The van der Waals surface area contributed by atoms with Gasteiger partial charge < -0.3 is 5.32 Å². The van der Waals surface area contributed by atoms with E-state index < -0.39 is 5.82 Å². The third-order valence-electron chi connectivity index (χ3n) is 1.71. The van der Waals surface area contributed by atoms with Gasteiger partial charge in [-0.25, -0.2) is 4.39 Å². The molecule has 0 spiro atoms. The number of amides is 1. The highest BCUT2D eigenvalue weighted by molar-refractivity contribution is 6.30. The van der Waals surface area contributed by atoms with E-state index >= 15 is 0 Å². The van der Waals surface area contributed by atoms with Gasteiger partial charge in [-0.05, 0) is 17.7 Å². The molecule has 0 bridgehead atoms. The van der Waals surface area contributed by atoms with E-state index in [2.05, 4.69) is 5.32 Å². The minimum atomic E-state index is -0.516. The first-order chi connectivity index (χ1) is 7.13. The van der Waals surface area contributed by atoms with Crippen molar-refractivity contribution in [2.24, 2.45) is 0 Å². The smallest absolute Gasteiger partial charge is 0.225 e. The average Bonchev–Trinajstić information content (AvgIpc) is 2.20. The minimum Gasteiger partial charge on any atom is -0.343 e. The molecule has 0 aliphatic heterocycles. The van der Waals surface area contributed by atoms with E-state index in [0.29, 0.717) is 5.56 Å². The Morgan fingerprint density at radius 1 is 1.60 bits per heavy atom. The fourth-order valence-corrected chi connectivity index (χ4v) is 1.24. The van der Waals surface area contributed by atoms with Gasteiger partial charge in [0.2, 0.25) is 5.91 Å². The summed E-state index contributed by atoms with van der Waals surface area (Å²) >= 11 is 5.54. The molecule has 1 amide bonds. The van der Waals surface area contributed by atoms with Crippen LogP contribution in [0.4, 0.5) is 4.39 Å². The number of carbonyl (C=O) groups is 1. The van der Waals surface area contributed by atoms with Crippen molar-refractivity contribution in [2.75, 3.05) is 6.54 Å². The molecule has 0 aliphatic carbocycles. The van der Waals surface area contributed by atoms with E-state index in [9.17, 15) is 9.18 Å². The highest BCUT2D eigenvalue weighted by Crippen LogP contribution is 2.16. The number of hydrogen-bond acceptors (Lipinski definition) is 2. The van der Waals surface area contributed by atoms with Crippen LogP contribution in [0.25, 0.3) is 0 Å². The number of nitrogens with one attached hydrogen (secondary N) is 1. The third-order valence-corrected chi connectivity index (χ3v) is 2.00. The van der Waals surface area contributed by atoms with Crippen molar-refractivity contribution < 1.29 is 9.18 Å². The van der Waals surface area contributed by atoms with Gasteiger partial charge in [0, 0.05) is 0 Å². The van der Waals surface area contributed by atoms with Crippen molar-refractivity contribution in [1.82, 2.24) is 5.32 Å². The molecule has 1 aromatic carbocycles. The molecule has 5 heteroatoms. The van der Waals surface area contributed by atoms with Crippen molar-refractivity contribution in [1.29, 1.82) is 5.26 Å². The zero-order valence-electron chi connectivity index (χ0n) is 7.76. The normalized spacial score (nSPS) is 9.40. The molecule has 0 aromatic heterocycles. The molecule has 78 valence electrons. The first-order valence-corrected chi connectivity index (χ1v) is 4.59. The standard InChI is InChI=1S/C10H8ClFN2O/c11-8-5-7(1-2-9(8)12)6-10(15)14-4-3-13/h1-2,5H,4,6H2,(H,14,15). The predicted molar refractivity (Wildman–Crippen MR) is 53.7 cm³/mol. The molecule has 1 aromatic rings. The van der Waals surface area contributed by atoms with Crippen LogP contribution in [0, 0.1) is 17.1 Å². The van der Waals surface area contributed by atoms with E-state index in [4.69, 9.17) is 16.9 Å². The fraction of sp³-hybridized carbons (Fsp3) is 0.200. The Bertz CT molecular complexity index is 414. The van der Waals surface area contributed by atoms with Crippen molar-refractivity contribution >= 4 is 17.5 Å². The molecule has 0 aliphatic rings. The number of carbonyl (C=O) groups excluding carboxylic acids is 1. The van der Waals surface area contributed by atoms with Crippen LogP contribution < -0.4 is 5.32 Å². The Balaban J connectivity index is 2.62. The molecule has 0 heterocycles. The van der Waals surface area contributed by atoms with Gasteiger partial charge in [0.05, 0.1) is 17.5 Å². The van der Waals surface area contributed by atoms with E-state index in [0.717, 1.165) is 0 Å². The zero-order valence-corrected chi connectivity index (χ0v) is 8.51. The number of rotatable bonds is 3. The quantitative estimate of drug-likeness (QED) is 0.797. The summed E-state index contributed by atoms with van der Waals surface area (Å²) < 4.78 is 12.8. The van der Waals surface area contributed by atoms with E-state index in [1.807, 2.05) is 0 Å². The third kappa shape index (κ3) is 3.56. The lowest BCUT2D eigenvalue weighted by molar-refractivity contribution is -0.120. The summed E-state index contributed by atoms with van der Waals surface area (Å²) in [6, 6.07) is 5.86. The maximum atomic E-state index is 12.8. The highest BCUT2D eigenvalue weighted by Gasteiger charge is 2.05. The Labute approximate surface area is 91.5 Å². The molecule has 0 fully saturated rings. The molecule has 0 saturated carbocycles. The summed E-state index contributed by atoms with van der Waals surface area (Å²) in [4.78, 5) is 11.2. The van der Waals surface area contributed by atoms with Gasteiger partial charge in [0.1, 0.15) is 12.4 Å². The van der Waals surface area contributed by atoms with Crippen molar-refractivity contribution in [3.8, 4) is 6.07 Å². The molecule has 15 heavy (non-hydrogen) atoms. The summed E-state index contributed by atoms with van der Waals surface area (Å²) in [5, 5.41) is 10.6. The number of nitriles is 1. The van der Waals surface area contributed by atoms with Gasteiger partial charge >= 0.3 is 0 Å². The van der Waals surface area contributed by atoms with Gasteiger partial charge in [-0.3, -0.25) is 4.79 Å². The lowest BCUT2D eigenvalue weighted by Gasteiger charge is -2.02. The van der Waals surface area contributed by atoms with Gasteiger partial charge in [-0.15, -0.1) is 0 Å². The highest BCUT2D eigenvalue weighted by atomic mass is 35.5. The second-order valence-electron chi connectivity index (χ2n) is 2.86. The SMILES string of the molecule is N#CCNC(=O)Cc1ccc(F)c(Cl)c1. The fourth-order valence-electron chi connectivity index (χ4n) is 1.04. The van der Waals surface area contributed by atoms with Gasteiger partial charge in [0.25, 0.3) is 0 Å². The van der Waals surface area contributed by atoms with Crippen molar-refractivity contribution in [2.45, 2.75) is 6.42 Å². The lowest BCUT2D eigenvalue weighted by atomic mass is 10.1. The summed E-state index contributed by atoms with van der Waals surface area (Å²) in [6.45, 7) is -0.0340. The minimum absolute atomic E-state index is 0.0133. The summed E-state index contributed by atoms with van der Waals surface area (Å²) in [7, 11) is 0. The Kier molecular flexibility index (Phi) is 4.07. The Morgan fingerprint density at radius 3 is 2.93 bits per heavy atom. The van der Waals surface area contributed by atoms with Crippen molar-refractivity contribution in [3.05, 3.63) is 34.6 Å². The molecule has 1 rings (SSSR count). The Hall–Kier alpha value is -1.60. The van der Waals surface area contributed by atoms with Gasteiger partial charge in [0.15, 0.2) is 0 Å². The van der Waals surface area contributed by atoms with Crippen LogP contribution in [0.1, 0.15) is 5.56 Å². The summed E-state index contributed by atoms with van der Waals surface area (Å²) in [5.41, 5.74) is 0.608. The molecule has 1 N–H and O–H groups in total. The van der Waals surface area contributed by atoms with E-state index in [1.54, 1.807) is 6.07 Å². The van der Waals surface area contributed by atoms with Gasteiger partial charge in [-0.2, -0.15) is 5.26 Å². The number of hydrogen-bond donors (Lipinski definition) is 1. The molecular weight excluding hydrogens is 219 g/mol. The first-order valence-electron chi connectivity index (χ1n) is 4.21. The summed E-state index contributed by atoms with van der Waals surface area (Å²) in [5.74, 6) is -0.808. The molecule has 0 atom stereocenters. The van der Waals surface area contributed by atoms with Crippen LogP contribution in [0.15, 0.2) is 18.2 Å². The molecule has 0 radical (unpaired) electrons. The predicted octanol–water partition coefficient (Wildman–Crippen LogP) is 1.66. The number of halogens is 2. The number of benzene rings is 1. The second-order valence-corrected chi connectivity index (χ2v) is 3.27. The topological polar surface area (TPSA) is 52.9 Å². The van der Waals surface area contributed by atoms with E-state index in [1.165, 1.54) is 18.2 Å². The second kappa shape index (κ2) is 5.32. The number of nitrogens with zero attached hydrogens (tertiary/aromatic N) is 1. The molecule has 0 unspecified atom stereocenters. The summed E-state index contributed by atoms with van der Waals surface area (Å²) in [6.07, 6.45) is 0.0850. The van der Waals surface area contributed by atoms with Crippen LogP contribution in [-0.2, 0) is 11.2 Å². The van der Waals surface area contributed by atoms with E-state index in [-0.39, 0.29) is 23.9 Å². The molecular formula is C10H8ClFN2O. The maximum absolute atomic E-state index is 12.8. The van der Waals surface area contributed by atoms with Crippen LogP contribution in [0.5, 0.6) is 0 Å². The van der Waals surface area contributed by atoms with Crippen LogP contribution >= 0.6 is 11.6 Å². The van der Waals surface area contributed by atoms with Crippen LogP contribution in [0.2, 0.25) is 5.02 Å². The first kappa shape index (κ1) is 11.5. The average molecular weight is 227 g/mol. The largest absolute Gasteiger partial charge is 0.343 e. The zero-order chi connectivity index (χ0) is 11.3. The van der Waals surface area contributed by atoms with Gasteiger partial charge in [-0.1, -0.05) is 17.7 Å². The lowest BCUT2D eigenvalue weighted by Crippen LogP contribution is -2.25. The maximum Gasteiger partial charge on any atom is 0.225 e. The van der Waals surface area contributed by atoms with Crippen LogP contribution in [0.3, 0.4) is 0 Å².